The quantitative estimate of drug-likeness (QED) is 0.0263. The molecule has 0 bridgehead atoms. The van der Waals surface area contributed by atoms with Crippen molar-refractivity contribution in [3.8, 4) is 33.8 Å². The smallest absolute Gasteiger partial charge is 0.358 e. The summed E-state index contributed by atoms with van der Waals surface area (Å²) in [6.07, 6.45) is 13.7. The van der Waals surface area contributed by atoms with Gasteiger partial charge in [-0.3, -0.25) is 39.8 Å². The lowest BCUT2D eigenvalue weighted by Gasteiger charge is -2.42. The van der Waals surface area contributed by atoms with E-state index in [1.165, 1.54) is 60.5 Å². The molecule has 5 aromatic heterocycles. The van der Waals surface area contributed by atoms with Crippen LogP contribution in [0.3, 0.4) is 0 Å². The van der Waals surface area contributed by atoms with Crippen molar-refractivity contribution in [2.45, 2.75) is 182 Å². The standard InChI is InChI=1S/C60H67N9O6S.C42H47N5O4S/c1-37-42(43-20-22-52(62-55(43)58(73)75-60(2,3)4)69-31-26-39-12-8-14-44(47(39)36-69)56(71)64-59-61-48-15-6-7-17-51(48)76-59)13-9-16-50(37)74-34-10-11-38-24-29-67(30-25-38)40-27-32-68(33-28-40)41-18-19-45-49(35-41)66(5)65-54(45)46-21-23-53(70)63-57(46)72;1-27-30(12-8-15-35(27)50-25-9-10-28-19-22-43-23-20-28)31-17-18-37(45-38(31)40(49)51-42(2,3)4)47-24-21-29-11-7-13-32(33(29)26-47)39(48)46-41-44-34-14-5-6-16-36(34)52-41/h6-9,12-20,22,35,38,40,46H,10-11,21,23-34,36H2,1-5H3,(H,61,64,71)(H,63,70,72);5-8,11-18,28,43H,9-10,19-26H2,1-4H3,(H,44,46,48). The lowest BCUT2D eigenvalue weighted by atomic mass is 9.90. The van der Waals surface area contributed by atoms with E-state index in [9.17, 15) is 28.8 Å². The summed E-state index contributed by atoms with van der Waals surface area (Å²) in [6, 6.07) is 54.3. The maximum Gasteiger partial charge on any atom is 0.358 e. The molecule has 11 heterocycles. The topological polar surface area (TPSA) is 270 Å². The number of anilines is 5. The van der Waals surface area contributed by atoms with Gasteiger partial charge in [0.25, 0.3) is 11.8 Å². The molecule has 0 spiro atoms. The molecule has 4 saturated heterocycles. The maximum absolute atomic E-state index is 14.1. The number of aromatic nitrogens is 6. The van der Waals surface area contributed by atoms with Gasteiger partial charge in [-0.1, -0.05) is 95.5 Å². The van der Waals surface area contributed by atoms with Crippen LogP contribution in [-0.2, 0) is 52.0 Å². The first-order valence-corrected chi connectivity index (χ1v) is 47.0. The van der Waals surface area contributed by atoms with E-state index in [1.807, 2.05) is 201 Å². The second-order valence-corrected chi connectivity index (χ2v) is 38.8. The average molecular weight is 1760 g/mol. The molecule has 7 aromatic carbocycles. The number of likely N-dealkylation sites (tertiary alicyclic amines) is 1. The van der Waals surface area contributed by atoms with Crippen LogP contribution in [0.2, 0.25) is 0 Å². The number of carbonyl (C=O) groups is 6. The molecular formula is C102H114N14O10S2. The van der Waals surface area contributed by atoms with Crippen molar-refractivity contribution in [2.24, 2.45) is 18.9 Å². The number of fused-ring (bicyclic) bond motifs is 5. The fraction of sp³-hybridized carbons (Fsp3) is 0.402. The number of benzene rings is 7. The summed E-state index contributed by atoms with van der Waals surface area (Å²) in [5, 5.41) is 18.8. The molecule has 6 aliphatic heterocycles. The molecule has 0 radical (unpaired) electrons. The van der Waals surface area contributed by atoms with Crippen LogP contribution in [-0.4, -0.2) is 153 Å². The van der Waals surface area contributed by atoms with Crippen LogP contribution in [0.15, 0.2) is 164 Å². The number of piperidine rings is 4. The number of ether oxygens (including phenoxy) is 4. The number of pyridine rings is 2. The van der Waals surface area contributed by atoms with Gasteiger partial charge in [0, 0.05) is 92.1 Å². The molecule has 1 atom stereocenters. The number of esters is 2. The number of amides is 4. The van der Waals surface area contributed by atoms with E-state index in [2.05, 4.69) is 81.2 Å². The Morgan fingerprint density at radius 1 is 0.508 bits per heavy atom. The Balaban J connectivity index is 0.000000193. The van der Waals surface area contributed by atoms with Gasteiger partial charge in [0.1, 0.15) is 34.3 Å². The van der Waals surface area contributed by atoms with E-state index < -0.39 is 29.1 Å². The first-order valence-electron chi connectivity index (χ1n) is 45.4. The Hall–Kier alpha value is -12.0. The lowest BCUT2D eigenvalue weighted by Crippen LogP contribution is -2.47. The molecule has 18 rings (SSSR count). The number of rotatable bonds is 23. The van der Waals surface area contributed by atoms with Crippen molar-refractivity contribution in [3.05, 3.63) is 225 Å². The van der Waals surface area contributed by atoms with Gasteiger partial charge in [-0.15, -0.1) is 0 Å². The summed E-state index contributed by atoms with van der Waals surface area (Å²) >= 11 is 2.91. The zero-order chi connectivity index (χ0) is 88.9. The SMILES string of the molecule is Cc1c(OCCCC2CCN(C3CCN(c4ccc5c(C6CCC(=O)NC6=O)nn(C)c5c4)CC3)CC2)cccc1-c1ccc(N2CCc3cccc(C(=O)Nc4nc5ccccc5s4)c3C2)nc1C(=O)OC(C)(C)C.Cc1c(OCCCC2CCNCC2)cccc1-c1ccc(N2CCc3cccc(C(=O)Nc4nc5ccccc5s4)c3C2)nc1C(=O)OC(C)(C)C. The summed E-state index contributed by atoms with van der Waals surface area (Å²) in [7, 11) is 1.93. The average Bonchev–Trinajstić information content (AvgIpc) is 1.68. The number of thiazole rings is 2. The highest BCUT2D eigenvalue weighted by molar-refractivity contribution is 7.22. The molecular weight excluding hydrogens is 1650 g/mol. The molecule has 1 unspecified atom stereocenters. The van der Waals surface area contributed by atoms with Gasteiger partial charge in [0.2, 0.25) is 11.8 Å². The van der Waals surface area contributed by atoms with Crippen LogP contribution in [0.25, 0.3) is 53.6 Å². The van der Waals surface area contributed by atoms with Crippen LogP contribution in [0.4, 0.5) is 27.6 Å². The Morgan fingerprint density at radius 2 is 1.01 bits per heavy atom. The van der Waals surface area contributed by atoms with Crippen LogP contribution in [0.5, 0.6) is 11.5 Å². The Morgan fingerprint density at radius 3 is 1.51 bits per heavy atom. The predicted octanol–water partition coefficient (Wildman–Crippen LogP) is 19.0. The molecule has 664 valence electrons. The first kappa shape index (κ1) is 88.1. The third-order valence-electron chi connectivity index (χ3n) is 25.7. The summed E-state index contributed by atoms with van der Waals surface area (Å²) in [5.74, 6) is 2.07. The summed E-state index contributed by atoms with van der Waals surface area (Å²) in [6.45, 7) is 25.3. The number of aryl methyl sites for hydroxylation is 1. The van der Waals surface area contributed by atoms with E-state index in [4.69, 9.17) is 34.0 Å². The Labute approximate surface area is 755 Å². The number of imide groups is 1. The van der Waals surface area contributed by atoms with Gasteiger partial charge in [-0.05, 0) is 312 Å². The molecule has 0 aliphatic carbocycles. The zero-order valence-corrected chi connectivity index (χ0v) is 76.3. The summed E-state index contributed by atoms with van der Waals surface area (Å²) in [4.78, 5) is 109. The van der Waals surface area contributed by atoms with Gasteiger partial charge < -0.3 is 43.9 Å². The highest BCUT2D eigenvalue weighted by Gasteiger charge is 2.36. The first-order chi connectivity index (χ1) is 61.8. The number of para-hydroxylation sites is 2. The van der Waals surface area contributed by atoms with E-state index >= 15 is 0 Å². The fourth-order valence-corrected chi connectivity index (χ4v) is 20.7. The molecule has 4 fully saturated rings. The minimum absolute atomic E-state index is 0.195. The van der Waals surface area contributed by atoms with Crippen molar-refractivity contribution in [2.75, 3.05) is 90.9 Å². The molecule has 4 N–H and O–H groups in total. The van der Waals surface area contributed by atoms with Gasteiger partial charge in [-0.2, -0.15) is 5.10 Å². The predicted molar refractivity (Wildman–Crippen MR) is 507 cm³/mol. The molecule has 0 saturated carbocycles. The number of carbonyl (C=O) groups excluding carboxylic acids is 6. The Bertz CT molecular complexity index is 6080. The number of hydrogen-bond acceptors (Lipinski definition) is 22. The van der Waals surface area contributed by atoms with Crippen molar-refractivity contribution in [1.82, 2.24) is 45.2 Å². The molecule has 128 heavy (non-hydrogen) atoms. The third kappa shape index (κ3) is 20.3. The van der Waals surface area contributed by atoms with Gasteiger partial charge in [-0.25, -0.2) is 29.5 Å². The van der Waals surface area contributed by atoms with Crippen molar-refractivity contribution in [1.29, 1.82) is 0 Å². The number of nitrogens with zero attached hydrogens (tertiary/aromatic N) is 10. The molecule has 6 aliphatic rings. The zero-order valence-electron chi connectivity index (χ0n) is 74.7. The van der Waals surface area contributed by atoms with Crippen molar-refractivity contribution >= 4 is 117 Å². The van der Waals surface area contributed by atoms with Crippen LogP contribution in [0.1, 0.15) is 205 Å². The minimum Gasteiger partial charge on any atom is -0.493 e. The monoisotopic (exact) mass is 1760 g/mol. The molecule has 12 aromatic rings. The van der Waals surface area contributed by atoms with Gasteiger partial charge >= 0.3 is 11.9 Å². The highest BCUT2D eigenvalue weighted by atomic mass is 32.1. The van der Waals surface area contributed by atoms with Crippen LogP contribution in [0, 0.1) is 25.7 Å². The van der Waals surface area contributed by atoms with Gasteiger partial charge in [0.05, 0.1) is 50.8 Å². The van der Waals surface area contributed by atoms with Gasteiger partial charge in [0.15, 0.2) is 21.7 Å². The second-order valence-electron chi connectivity index (χ2n) is 36.7. The second kappa shape index (κ2) is 38.5. The molecule has 4 amide bonds. The summed E-state index contributed by atoms with van der Waals surface area (Å²) in [5.41, 5.74) is 14.0. The Kier molecular flexibility index (Phi) is 26.5. The van der Waals surface area contributed by atoms with E-state index in [0.717, 1.165) is 177 Å². The van der Waals surface area contributed by atoms with Crippen LogP contribution >= 0.6 is 22.7 Å². The third-order valence-corrected chi connectivity index (χ3v) is 27.6. The van der Waals surface area contributed by atoms with Crippen LogP contribution < -0.4 is 45.4 Å². The largest absolute Gasteiger partial charge is 0.493 e. The number of hydrogen-bond donors (Lipinski definition) is 4. The van der Waals surface area contributed by atoms with E-state index in [1.54, 1.807) is 0 Å². The molecule has 26 heteroatoms. The van der Waals surface area contributed by atoms with Crippen molar-refractivity contribution in [3.63, 3.8) is 0 Å². The fourth-order valence-electron chi connectivity index (χ4n) is 19.0. The van der Waals surface area contributed by atoms with Crippen molar-refractivity contribution < 1.29 is 47.7 Å². The lowest BCUT2D eigenvalue weighted by molar-refractivity contribution is -0.134. The molecule has 24 nitrogen and oxygen atoms in total. The van der Waals surface area contributed by atoms with E-state index in [0.29, 0.717) is 115 Å². The number of nitrogens with one attached hydrogen (secondary N) is 4. The normalized spacial score (nSPS) is 16.8. The van der Waals surface area contributed by atoms with E-state index in [-0.39, 0.29) is 35.0 Å². The summed E-state index contributed by atoms with van der Waals surface area (Å²) < 4.78 is 28.6. The maximum atomic E-state index is 14.1. The highest BCUT2D eigenvalue weighted by Crippen LogP contribution is 2.41. The minimum atomic E-state index is -0.732.